The summed E-state index contributed by atoms with van der Waals surface area (Å²) in [5, 5.41) is 10.5. The number of alkyl halides is 1. The molecule has 9 heteroatoms. The number of nitrogens with one attached hydrogen (secondary N) is 1. The number of aromatic nitrogens is 5. The van der Waals surface area contributed by atoms with Gasteiger partial charge in [0.2, 0.25) is 11.5 Å². The van der Waals surface area contributed by atoms with Gasteiger partial charge >= 0.3 is 0 Å². The summed E-state index contributed by atoms with van der Waals surface area (Å²) >= 11 is 0. The molecule has 0 aromatic carbocycles. The third-order valence-corrected chi connectivity index (χ3v) is 4.38. The SMILES string of the molecule is Cc1cc(C(=O)N2CCCC(F)(c3nc(-c4cccnc4)no3)C2)n[nH]1. The molecule has 0 radical (unpaired) electrons. The first-order chi connectivity index (χ1) is 12.5. The molecule has 1 unspecified atom stereocenters. The van der Waals surface area contributed by atoms with Crippen molar-refractivity contribution in [2.75, 3.05) is 13.1 Å². The summed E-state index contributed by atoms with van der Waals surface area (Å²) in [6, 6.07) is 5.15. The molecule has 1 amide bonds. The van der Waals surface area contributed by atoms with E-state index in [2.05, 4.69) is 25.3 Å². The van der Waals surface area contributed by atoms with Gasteiger partial charge in [0.05, 0.1) is 6.54 Å². The molecule has 134 valence electrons. The van der Waals surface area contributed by atoms with E-state index in [0.29, 0.717) is 18.5 Å². The number of amides is 1. The molecule has 1 saturated heterocycles. The fourth-order valence-corrected chi connectivity index (χ4v) is 3.07. The molecule has 4 heterocycles. The number of aryl methyl sites for hydroxylation is 1. The van der Waals surface area contributed by atoms with E-state index in [4.69, 9.17) is 4.52 Å². The number of H-pyrrole nitrogens is 1. The molecule has 0 bridgehead atoms. The van der Waals surface area contributed by atoms with Crippen molar-refractivity contribution >= 4 is 5.91 Å². The van der Waals surface area contributed by atoms with Gasteiger partial charge in [-0.05, 0) is 38.0 Å². The molecule has 26 heavy (non-hydrogen) atoms. The third kappa shape index (κ3) is 2.96. The summed E-state index contributed by atoms with van der Waals surface area (Å²) in [7, 11) is 0. The summed E-state index contributed by atoms with van der Waals surface area (Å²) in [5.41, 5.74) is -0.197. The highest BCUT2D eigenvalue weighted by molar-refractivity contribution is 5.92. The molecule has 3 aromatic rings. The lowest BCUT2D eigenvalue weighted by Crippen LogP contribution is -2.46. The molecular formula is C17H17FN6O2. The minimum absolute atomic E-state index is 0.118. The first kappa shape index (κ1) is 16.4. The molecule has 1 aliphatic rings. The smallest absolute Gasteiger partial charge is 0.274 e. The quantitative estimate of drug-likeness (QED) is 0.772. The van der Waals surface area contributed by atoms with Gasteiger partial charge in [0, 0.05) is 30.2 Å². The van der Waals surface area contributed by atoms with Crippen molar-refractivity contribution in [1.29, 1.82) is 0 Å². The number of likely N-dealkylation sites (tertiary alicyclic amines) is 1. The third-order valence-electron chi connectivity index (χ3n) is 4.38. The van der Waals surface area contributed by atoms with E-state index in [-0.39, 0.29) is 36.3 Å². The van der Waals surface area contributed by atoms with Crippen molar-refractivity contribution in [2.24, 2.45) is 0 Å². The Hall–Kier alpha value is -3.10. The number of nitrogens with zero attached hydrogens (tertiary/aromatic N) is 5. The molecule has 0 aliphatic carbocycles. The van der Waals surface area contributed by atoms with Gasteiger partial charge < -0.3 is 9.42 Å². The summed E-state index contributed by atoms with van der Waals surface area (Å²) in [6.07, 6.45) is 3.92. The van der Waals surface area contributed by atoms with Crippen LogP contribution in [0.2, 0.25) is 0 Å². The maximum atomic E-state index is 15.5. The van der Waals surface area contributed by atoms with Crippen molar-refractivity contribution in [3.8, 4) is 11.4 Å². The van der Waals surface area contributed by atoms with Crippen LogP contribution in [0.4, 0.5) is 4.39 Å². The van der Waals surface area contributed by atoms with Crippen LogP contribution in [0, 0.1) is 6.92 Å². The van der Waals surface area contributed by atoms with Crippen LogP contribution in [0.1, 0.15) is 34.9 Å². The fraction of sp³-hybridized carbons (Fsp3) is 0.353. The van der Waals surface area contributed by atoms with Gasteiger partial charge in [-0.1, -0.05) is 5.16 Å². The van der Waals surface area contributed by atoms with Crippen LogP contribution in [0.3, 0.4) is 0 Å². The largest absolute Gasteiger partial charge is 0.335 e. The zero-order valence-electron chi connectivity index (χ0n) is 14.1. The van der Waals surface area contributed by atoms with E-state index >= 15 is 4.39 Å². The normalized spacial score (nSPS) is 20.3. The van der Waals surface area contributed by atoms with Crippen LogP contribution >= 0.6 is 0 Å². The predicted octanol–water partition coefficient (Wildman–Crippen LogP) is 2.26. The van der Waals surface area contributed by atoms with Gasteiger partial charge in [-0.25, -0.2) is 4.39 Å². The van der Waals surface area contributed by atoms with Crippen LogP contribution < -0.4 is 0 Å². The first-order valence-electron chi connectivity index (χ1n) is 8.30. The average molecular weight is 356 g/mol. The summed E-state index contributed by atoms with van der Waals surface area (Å²) in [4.78, 5) is 22.2. The molecular weight excluding hydrogens is 339 g/mol. The molecule has 0 spiro atoms. The van der Waals surface area contributed by atoms with Gasteiger partial charge in [-0.2, -0.15) is 10.1 Å². The number of hydrogen-bond acceptors (Lipinski definition) is 6. The van der Waals surface area contributed by atoms with Crippen molar-refractivity contribution in [2.45, 2.75) is 25.4 Å². The number of halogens is 1. The minimum atomic E-state index is -1.88. The Balaban J connectivity index is 1.56. The van der Waals surface area contributed by atoms with Crippen molar-refractivity contribution in [3.05, 3.63) is 47.9 Å². The number of hydrogen-bond donors (Lipinski definition) is 1. The topological polar surface area (TPSA) is 101 Å². The molecule has 1 N–H and O–H groups in total. The summed E-state index contributed by atoms with van der Waals surface area (Å²) in [6.45, 7) is 2.12. The van der Waals surface area contributed by atoms with Crippen molar-refractivity contribution in [3.63, 3.8) is 0 Å². The molecule has 1 aliphatic heterocycles. The average Bonchev–Trinajstić information content (AvgIpc) is 3.32. The predicted molar refractivity (Wildman–Crippen MR) is 88.8 cm³/mol. The Labute approximate surface area is 148 Å². The van der Waals surface area contributed by atoms with E-state index in [0.717, 1.165) is 5.69 Å². The Morgan fingerprint density at radius 2 is 2.35 bits per heavy atom. The van der Waals surface area contributed by atoms with E-state index in [1.807, 2.05) is 0 Å². The van der Waals surface area contributed by atoms with E-state index in [9.17, 15) is 4.79 Å². The highest BCUT2D eigenvalue weighted by atomic mass is 19.1. The summed E-state index contributed by atoms with van der Waals surface area (Å²) in [5.74, 6) is -0.161. The van der Waals surface area contributed by atoms with Crippen LogP contribution in [-0.4, -0.2) is 49.2 Å². The fourth-order valence-electron chi connectivity index (χ4n) is 3.07. The van der Waals surface area contributed by atoms with Gasteiger partial charge in [0.25, 0.3) is 11.8 Å². The first-order valence-corrected chi connectivity index (χ1v) is 8.30. The number of rotatable bonds is 3. The Kier molecular flexibility index (Phi) is 3.98. The number of carbonyl (C=O) groups is 1. The van der Waals surface area contributed by atoms with Crippen LogP contribution in [0.25, 0.3) is 11.4 Å². The molecule has 4 rings (SSSR count). The molecule has 3 aromatic heterocycles. The number of piperidine rings is 1. The van der Waals surface area contributed by atoms with E-state index in [1.165, 1.54) is 4.90 Å². The monoisotopic (exact) mass is 356 g/mol. The Morgan fingerprint density at radius 1 is 1.46 bits per heavy atom. The molecule has 0 saturated carbocycles. The summed E-state index contributed by atoms with van der Waals surface area (Å²) < 4.78 is 20.7. The van der Waals surface area contributed by atoms with Crippen LogP contribution in [0.15, 0.2) is 35.1 Å². The number of pyridine rings is 1. The minimum Gasteiger partial charge on any atom is -0.335 e. The number of carbonyl (C=O) groups excluding carboxylic acids is 1. The lowest BCUT2D eigenvalue weighted by atomic mass is 9.94. The van der Waals surface area contributed by atoms with Gasteiger partial charge in [-0.15, -0.1) is 0 Å². The highest BCUT2D eigenvalue weighted by Gasteiger charge is 2.44. The van der Waals surface area contributed by atoms with Crippen molar-refractivity contribution < 1.29 is 13.7 Å². The molecule has 1 atom stereocenters. The maximum absolute atomic E-state index is 15.5. The Morgan fingerprint density at radius 3 is 3.08 bits per heavy atom. The van der Waals surface area contributed by atoms with Gasteiger partial charge in [0.15, 0.2) is 0 Å². The van der Waals surface area contributed by atoms with E-state index in [1.54, 1.807) is 37.5 Å². The van der Waals surface area contributed by atoms with Crippen LogP contribution in [-0.2, 0) is 5.67 Å². The molecule has 1 fully saturated rings. The highest BCUT2D eigenvalue weighted by Crippen LogP contribution is 2.35. The van der Waals surface area contributed by atoms with Crippen molar-refractivity contribution in [1.82, 2.24) is 30.2 Å². The molecule has 8 nitrogen and oxygen atoms in total. The second-order valence-electron chi connectivity index (χ2n) is 6.40. The zero-order chi connectivity index (χ0) is 18.1. The lowest BCUT2D eigenvalue weighted by molar-refractivity contribution is 0.0149. The second-order valence-corrected chi connectivity index (χ2v) is 6.40. The van der Waals surface area contributed by atoms with E-state index < -0.39 is 5.67 Å². The van der Waals surface area contributed by atoms with Gasteiger partial charge in [0.1, 0.15) is 5.69 Å². The lowest BCUT2D eigenvalue weighted by Gasteiger charge is -2.34. The van der Waals surface area contributed by atoms with Gasteiger partial charge in [-0.3, -0.25) is 14.9 Å². The zero-order valence-corrected chi connectivity index (χ0v) is 14.1. The Bertz CT molecular complexity index is 924. The van der Waals surface area contributed by atoms with Crippen LogP contribution in [0.5, 0.6) is 0 Å². The standard InChI is InChI=1S/C17H17FN6O2/c1-11-8-13(22-21-11)15(25)24-7-3-5-17(18,10-24)16-20-14(23-26-16)12-4-2-6-19-9-12/h2,4,6,8-9H,3,5,7,10H2,1H3,(H,21,22). The number of aromatic amines is 1. The maximum Gasteiger partial charge on any atom is 0.274 e. The second kappa shape index (κ2) is 6.32.